The highest BCUT2D eigenvalue weighted by molar-refractivity contribution is 8.00. The molecule has 0 radical (unpaired) electrons. The van der Waals surface area contributed by atoms with Crippen molar-refractivity contribution in [1.29, 1.82) is 0 Å². The van der Waals surface area contributed by atoms with Gasteiger partial charge in [0.1, 0.15) is 11.4 Å². The van der Waals surface area contributed by atoms with Gasteiger partial charge in [0.25, 0.3) is 17.7 Å². The van der Waals surface area contributed by atoms with Crippen LogP contribution < -0.4 is 26.0 Å². The van der Waals surface area contributed by atoms with Gasteiger partial charge in [-0.2, -0.15) is 0 Å². The van der Waals surface area contributed by atoms with Crippen molar-refractivity contribution in [2.24, 2.45) is 5.16 Å². The fraction of sp³-hybridized carbons (Fsp3) is 0.318. The minimum Gasteiger partial charge on any atom is -0.543 e. The lowest BCUT2D eigenvalue weighted by molar-refractivity contribution is -0.689. The van der Waals surface area contributed by atoms with Gasteiger partial charge in [-0.05, 0) is 0 Å². The van der Waals surface area contributed by atoms with E-state index in [1.54, 1.807) is 17.0 Å². The summed E-state index contributed by atoms with van der Waals surface area (Å²) in [4.78, 5) is 60.7. The third-order valence-electron chi connectivity index (χ3n) is 5.92. The zero-order valence-corrected chi connectivity index (χ0v) is 20.8. The van der Waals surface area contributed by atoms with E-state index in [0.29, 0.717) is 24.3 Å². The Balaban J connectivity index is 1.34. The number of anilines is 1. The van der Waals surface area contributed by atoms with Crippen molar-refractivity contribution < 1.29 is 33.7 Å². The lowest BCUT2D eigenvalue weighted by Crippen LogP contribution is -2.71. The molecule has 2 saturated heterocycles. The number of carbonyl (C=O) groups excluding carboxylic acids is 4. The fourth-order valence-electron chi connectivity index (χ4n) is 4.15. The van der Waals surface area contributed by atoms with Crippen LogP contribution in [0.2, 0.25) is 0 Å². The molecule has 5 heterocycles. The number of hydrogen-bond acceptors (Lipinski definition) is 11. The lowest BCUT2D eigenvalue weighted by atomic mass is 10.0. The minimum atomic E-state index is -1.46. The summed E-state index contributed by atoms with van der Waals surface area (Å²) < 4.78 is 1.80. The van der Waals surface area contributed by atoms with Gasteiger partial charge >= 0.3 is 0 Å². The largest absolute Gasteiger partial charge is 0.543 e. The molecule has 2 fully saturated rings. The summed E-state index contributed by atoms with van der Waals surface area (Å²) in [5.41, 5.74) is 5.85. The first kappa shape index (κ1) is 24.7. The van der Waals surface area contributed by atoms with E-state index in [1.165, 1.54) is 18.0 Å². The van der Waals surface area contributed by atoms with E-state index in [4.69, 9.17) is 10.6 Å². The number of aromatic nitrogens is 2. The maximum absolute atomic E-state index is 13.2. The molecule has 0 saturated carbocycles. The number of hydrogen-bond donors (Lipinski definition) is 3. The highest BCUT2D eigenvalue weighted by atomic mass is 32.2. The van der Waals surface area contributed by atoms with E-state index in [1.807, 2.05) is 18.2 Å². The average molecular weight is 544 g/mol. The summed E-state index contributed by atoms with van der Waals surface area (Å²) in [6, 6.07) is 4.48. The molecule has 13 nitrogen and oxygen atoms in total. The molecule has 4 N–H and O–H groups in total. The molecule has 192 valence electrons. The topological polar surface area (TPSA) is 183 Å². The molecular weight excluding hydrogens is 522 g/mol. The van der Waals surface area contributed by atoms with E-state index in [-0.39, 0.29) is 33.9 Å². The Morgan fingerprint density at radius 2 is 2.11 bits per heavy atom. The number of nitrogens with zero attached hydrogens (tertiary/aromatic N) is 4. The van der Waals surface area contributed by atoms with Crippen LogP contribution >= 0.6 is 23.1 Å². The molecule has 2 aromatic rings. The van der Waals surface area contributed by atoms with Gasteiger partial charge in [0.2, 0.25) is 6.10 Å². The highest BCUT2D eigenvalue weighted by Gasteiger charge is 2.53. The monoisotopic (exact) mass is 543 g/mol. The number of rotatable bonds is 8. The van der Waals surface area contributed by atoms with E-state index < -0.39 is 35.3 Å². The van der Waals surface area contributed by atoms with Gasteiger partial charge in [-0.25, -0.2) is 9.55 Å². The van der Waals surface area contributed by atoms with Crippen LogP contribution in [0.5, 0.6) is 0 Å². The minimum absolute atomic E-state index is 0.185. The Morgan fingerprint density at radius 3 is 2.76 bits per heavy atom. The average Bonchev–Trinajstić information content (AvgIpc) is 3.50. The predicted molar refractivity (Wildman–Crippen MR) is 129 cm³/mol. The van der Waals surface area contributed by atoms with Crippen molar-refractivity contribution in [3.63, 3.8) is 0 Å². The SMILES string of the molecule is Nc1ncc(/C(=N\OC2CCNC2=O)C(=O)N[C@H]2C(=O)N3C(C(=O)[O-])=C(C[n+]4ccccc4)CS[C@@H]23)s1. The Morgan fingerprint density at radius 1 is 1.32 bits per heavy atom. The van der Waals surface area contributed by atoms with Crippen molar-refractivity contribution >= 4 is 57.6 Å². The number of nitrogen functional groups attached to an aromatic ring is 1. The van der Waals surface area contributed by atoms with Gasteiger partial charge in [-0.3, -0.25) is 19.3 Å². The summed E-state index contributed by atoms with van der Waals surface area (Å²) in [6.07, 6.45) is 4.47. The number of β-lactam (4-membered cyclic amide) rings is 1. The van der Waals surface area contributed by atoms with Crippen molar-refractivity contribution in [1.82, 2.24) is 20.5 Å². The second-order valence-electron chi connectivity index (χ2n) is 8.32. The fourth-order valence-corrected chi connectivity index (χ4v) is 6.14. The molecule has 2 aromatic heterocycles. The summed E-state index contributed by atoms with van der Waals surface area (Å²) in [5, 5.41) is 20.7. The molecule has 15 heteroatoms. The molecule has 0 aromatic carbocycles. The Bertz CT molecular complexity index is 1330. The summed E-state index contributed by atoms with van der Waals surface area (Å²) in [7, 11) is 0. The summed E-state index contributed by atoms with van der Waals surface area (Å²) in [5.74, 6) is -2.80. The maximum Gasteiger partial charge on any atom is 0.275 e. The van der Waals surface area contributed by atoms with Gasteiger partial charge in [0, 0.05) is 42.6 Å². The lowest BCUT2D eigenvalue weighted by Gasteiger charge is -2.50. The highest BCUT2D eigenvalue weighted by Crippen LogP contribution is 2.40. The molecule has 1 unspecified atom stereocenters. The van der Waals surface area contributed by atoms with Crippen molar-refractivity contribution in [3.05, 3.63) is 52.9 Å². The standard InChI is InChI=1S/C22H21N7O6S2/c23-22-25-8-13(37-22)14(27-35-12-4-5-24-17(12)30)18(31)26-15-19(32)29-16(21(33)34)11(10-36-20(15)29)9-28-6-2-1-3-7-28/h1-3,6-8,12,15,20H,4-5,9-10H2,(H4-,23,24,25,26,27,30,31,33,34)/t12?,15-,20-/m0/s1. The van der Waals surface area contributed by atoms with E-state index >= 15 is 0 Å². The number of oxime groups is 1. The Hall–Kier alpha value is -3.98. The zero-order valence-electron chi connectivity index (χ0n) is 19.2. The van der Waals surface area contributed by atoms with Gasteiger partial charge in [-0.1, -0.05) is 22.6 Å². The molecule has 0 aliphatic carbocycles. The molecule has 3 aliphatic heterocycles. The van der Waals surface area contributed by atoms with Crippen molar-refractivity contribution in [2.45, 2.75) is 30.5 Å². The Kier molecular flexibility index (Phi) is 6.80. The number of thioether (sulfide) groups is 1. The molecule has 0 spiro atoms. The van der Waals surface area contributed by atoms with Crippen LogP contribution in [-0.2, 0) is 30.6 Å². The van der Waals surface area contributed by atoms with E-state index in [0.717, 1.165) is 16.2 Å². The Labute approximate surface area is 218 Å². The van der Waals surface area contributed by atoms with Crippen molar-refractivity contribution in [2.75, 3.05) is 18.0 Å². The van der Waals surface area contributed by atoms with E-state index in [9.17, 15) is 24.3 Å². The summed E-state index contributed by atoms with van der Waals surface area (Å²) in [6.45, 7) is 0.707. The predicted octanol–water partition coefficient (Wildman–Crippen LogP) is -2.27. The van der Waals surface area contributed by atoms with Gasteiger partial charge < -0.3 is 31.1 Å². The van der Waals surface area contributed by atoms with Gasteiger partial charge in [0.05, 0.1) is 16.5 Å². The first-order valence-electron chi connectivity index (χ1n) is 11.2. The van der Waals surface area contributed by atoms with Gasteiger partial charge in [-0.15, -0.1) is 11.8 Å². The van der Waals surface area contributed by atoms with Gasteiger partial charge in [0.15, 0.2) is 29.8 Å². The third-order valence-corrected chi connectivity index (χ3v) is 8.09. The quantitative estimate of drug-likeness (QED) is 0.143. The van der Waals surface area contributed by atoms with Crippen LogP contribution in [0.15, 0.2) is 53.2 Å². The number of fused-ring (bicyclic) bond motifs is 1. The maximum atomic E-state index is 13.2. The summed E-state index contributed by atoms with van der Waals surface area (Å²) >= 11 is 2.32. The molecule has 37 heavy (non-hydrogen) atoms. The first-order valence-corrected chi connectivity index (χ1v) is 13.1. The van der Waals surface area contributed by atoms with Crippen LogP contribution in [0.25, 0.3) is 0 Å². The number of nitrogens with two attached hydrogens (primary N) is 1. The number of amides is 3. The molecule has 3 amide bonds. The smallest absolute Gasteiger partial charge is 0.275 e. The van der Waals surface area contributed by atoms with E-state index in [2.05, 4.69) is 20.8 Å². The van der Waals surface area contributed by atoms with Crippen LogP contribution in [0.3, 0.4) is 0 Å². The number of carboxylic acids is 1. The number of pyridine rings is 1. The molecule has 3 aliphatic rings. The molecule has 5 rings (SSSR count). The molecule has 3 atom stereocenters. The molecular formula is C22H21N7O6S2. The van der Waals surface area contributed by atoms with Crippen molar-refractivity contribution in [3.8, 4) is 0 Å². The number of carboxylic acid groups (broad SMARTS) is 1. The number of aliphatic carboxylic acids is 1. The molecule has 0 bridgehead atoms. The van der Waals surface area contributed by atoms with Crippen LogP contribution in [-0.4, -0.2) is 69.1 Å². The number of carbonyl (C=O) groups is 4. The second-order valence-corrected chi connectivity index (χ2v) is 10.5. The first-order chi connectivity index (χ1) is 17.8. The third kappa shape index (κ3) is 4.86. The van der Waals surface area contributed by atoms with Crippen LogP contribution in [0.1, 0.15) is 11.3 Å². The van der Waals surface area contributed by atoms with Crippen LogP contribution in [0, 0.1) is 0 Å². The zero-order chi connectivity index (χ0) is 26.1. The normalized spacial score (nSPS) is 23.3. The van der Waals surface area contributed by atoms with Crippen LogP contribution in [0.4, 0.5) is 5.13 Å². The number of thiazole rings is 1. The second kappa shape index (κ2) is 10.2. The number of nitrogens with one attached hydrogen (secondary N) is 2.